The molecule has 0 bridgehead atoms. The fraction of sp³-hybridized carbons (Fsp3) is 0.429. The normalized spacial score (nSPS) is 11.7. The van der Waals surface area contributed by atoms with Crippen LogP contribution in [0, 0.1) is 5.82 Å². The molecule has 12 nitrogen and oxygen atoms in total. The lowest BCUT2D eigenvalue weighted by atomic mass is 10.1. The molecule has 0 fully saturated rings. The summed E-state index contributed by atoms with van der Waals surface area (Å²) in [4.78, 5) is 46.8. The number of aromatic amines is 1. The number of amides is 1. The van der Waals surface area contributed by atoms with Crippen LogP contribution >= 0.6 is 23.5 Å². The monoisotopic (exact) mass is 630 g/mol. The lowest BCUT2D eigenvalue weighted by molar-refractivity contribution is -0.133. The summed E-state index contributed by atoms with van der Waals surface area (Å²) in [6.45, 7) is 6.58. The number of nitrogens with zero attached hydrogens (tertiary/aromatic N) is 5. The summed E-state index contributed by atoms with van der Waals surface area (Å²) in [6, 6.07) is 2.67. The number of benzene rings is 1. The molecule has 3 aromatic heterocycles. The van der Waals surface area contributed by atoms with Crippen LogP contribution in [0.25, 0.3) is 21.9 Å². The molecule has 0 saturated carbocycles. The molecule has 3 heterocycles. The van der Waals surface area contributed by atoms with E-state index in [9.17, 15) is 9.59 Å². The van der Waals surface area contributed by atoms with Crippen molar-refractivity contribution >= 4 is 69.0 Å². The second-order valence-corrected chi connectivity index (χ2v) is 12.7. The molecule has 0 aliphatic heterocycles. The number of carbonyl (C=O) groups excluding carboxylic acids is 1. The number of thioether (sulfide) groups is 1. The number of rotatable bonds is 13. The Morgan fingerprint density at radius 3 is 2.51 bits per heavy atom. The number of carboxylic acids is 1. The first-order valence-corrected chi connectivity index (χ1v) is 15.5. The maximum atomic E-state index is 15.0. The fourth-order valence-corrected chi connectivity index (χ4v) is 5.39. The lowest BCUT2D eigenvalue weighted by Gasteiger charge is -2.25. The first kappa shape index (κ1) is 32.2. The van der Waals surface area contributed by atoms with Crippen LogP contribution in [0.3, 0.4) is 0 Å². The Hall–Kier alpha value is -3.69. The number of hydrogen-bond acceptors (Lipinski definition) is 11. The van der Waals surface area contributed by atoms with E-state index in [0.717, 1.165) is 37.4 Å². The highest BCUT2D eigenvalue weighted by molar-refractivity contribution is 8.00. The minimum absolute atomic E-state index is 0.139. The number of hydrogen-bond donors (Lipinski definition) is 4. The number of nitrogens with one attached hydrogen (secondary N) is 2. The van der Waals surface area contributed by atoms with Crippen LogP contribution in [0.5, 0.6) is 0 Å². The number of unbranched alkanes of at least 4 members (excludes halogenated alkanes) is 3. The fourth-order valence-electron chi connectivity index (χ4n) is 4.19. The minimum atomic E-state index is -0.952. The van der Waals surface area contributed by atoms with Crippen molar-refractivity contribution in [3.05, 3.63) is 30.3 Å². The predicted molar refractivity (Wildman–Crippen MR) is 167 cm³/mol. The third kappa shape index (κ3) is 8.67. The Kier molecular flexibility index (Phi) is 10.6. The second kappa shape index (κ2) is 14.2. The van der Waals surface area contributed by atoms with Crippen LogP contribution in [0.4, 0.5) is 20.7 Å². The Labute approximate surface area is 256 Å². The third-order valence-corrected chi connectivity index (χ3v) is 7.75. The SMILES string of the molecule is CN(C(=O)OC(C)(C)C)c1cc(F)cc2c1[nH]c1nc(Sc3cnc(SCC(=O)O)nc3)nc(NCCCCCCN)c12. The zero-order valence-electron chi connectivity index (χ0n) is 24.4. The van der Waals surface area contributed by atoms with Gasteiger partial charge in [0.15, 0.2) is 10.3 Å². The smallest absolute Gasteiger partial charge is 0.414 e. The molecule has 0 radical (unpaired) electrons. The van der Waals surface area contributed by atoms with Gasteiger partial charge < -0.3 is 25.9 Å². The van der Waals surface area contributed by atoms with Crippen molar-refractivity contribution in [2.24, 2.45) is 5.73 Å². The van der Waals surface area contributed by atoms with Gasteiger partial charge >= 0.3 is 12.1 Å². The van der Waals surface area contributed by atoms with Gasteiger partial charge in [0, 0.05) is 31.4 Å². The molecule has 0 saturated heterocycles. The molecule has 43 heavy (non-hydrogen) atoms. The van der Waals surface area contributed by atoms with Gasteiger partial charge in [0.05, 0.1) is 27.2 Å². The Morgan fingerprint density at radius 1 is 1.12 bits per heavy atom. The summed E-state index contributed by atoms with van der Waals surface area (Å²) in [6.07, 6.45) is 6.41. The van der Waals surface area contributed by atoms with Crippen molar-refractivity contribution < 1.29 is 23.8 Å². The molecule has 0 aliphatic carbocycles. The Balaban J connectivity index is 1.72. The highest BCUT2D eigenvalue weighted by Gasteiger charge is 2.25. The van der Waals surface area contributed by atoms with Gasteiger partial charge in [-0.3, -0.25) is 9.69 Å². The number of H-pyrrole nitrogens is 1. The van der Waals surface area contributed by atoms with E-state index in [1.807, 2.05) is 0 Å². The molecule has 1 aromatic carbocycles. The van der Waals surface area contributed by atoms with Crippen molar-refractivity contribution in [3.8, 4) is 0 Å². The zero-order valence-corrected chi connectivity index (χ0v) is 26.1. The number of anilines is 2. The summed E-state index contributed by atoms with van der Waals surface area (Å²) < 4.78 is 20.5. The van der Waals surface area contributed by atoms with Crippen molar-refractivity contribution in [2.75, 3.05) is 36.1 Å². The summed E-state index contributed by atoms with van der Waals surface area (Å²) in [5.74, 6) is -1.10. The average molecular weight is 631 g/mol. The molecule has 1 amide bonds. The van der Waals surface area contributed by atoms with E-state index >= 15 is 4.39 Å². The topological polar surface area (TPSA) is 172 Å². The number of aliphatic carboxylic acids is 1. The molecule has 0 aliphatic rings. The van der Waals surface area contributed by atoms with E-state index in [1.54, 1.807) is 33.2 Å². The summed E-state index contributed by atoms with van der Waals surface area (Å²) in [5, 5.41) is 14.1. The van der Waals surface area contributed by atoms with Crippen molar-refractivity contribution in [3.63, 3.8) is 0 Å². The van der Waals surface area contributed by atoms with Crippen molar-refractivity contribution in [1.29, 1.82) is 0 Å². The molecule has 0 unspecified atom stereocenters. The molecule has 4 aromatic rings. The number of ether oxygens (including phenoxy) is 1. The molecule has 230 valence electrons. The maximum absolute atomic E-state index is 15.0. The minimum Gasteiger partial charge on any atom is -0.481 e. The number of carbonyl (C=O) groups is 2. The number of halogens is 1. The van der Waals surface area contributed by atoms with E-state index in [-0.39, 0.29) is 5.75 Å². The average Bonchev–Trinajstić information content (AvgIpc) is 3.31. The second-order valence-electron chi connectivity index (χ2n) is 10.7. The van der Waals surface area contributed by atoms with Gasteiger partial charge in [-0.25, -0.2) is 29.1 Å². The Morgan fingerprint density at radius 2 is 1.84 bits per heavy atom. The van der Waals surface area contributed by atoms with Crippen molar-refractivity contribution in [2.45, 2.75) is 67.3 Å². The van der Waals surface area contributed by atoms with Crippen LogP contribution in [0.2, 0.25) is 0 Å². The molecule has 0 atom stereocenters. The molecule has 4 rings (SSSR count). The highest BCUT2D eigenvalue weighted by Crippen LogP contribution is 2.38. The number of carboxylic acid groups (broad SMARTS) is 1. The number of fused-ring (bicyclic) bond motifs is 3. The van der Waals surface area contributed by atoms with Gasteiger partial charge in [0.1, 0.15) is 22.9 Å². The Bertz CT molecular complexity index is 1590. The van der Waals surface area contributed by atoms with E-state index in [4.69, 9.17) is 25.5 Å². The van der Waals surface area contributed by atoms with E-state index in [0.29, 0.717) is 61.7 Å². The van der Waals surface area contributed by atoms with Gasteiger partial charge in [-0.2, -0.15) is 0 Å². The van der Waals surface area contributed by atoms with Crippen LogP contribution < -0.4 is 16.0 Å². The summed E-state index contributed by atoms with van der Waals surface area (Å²) in [7, 11) is 1.53. The standard InChI is InChI=1S/C28H35FN8O4S2/c1-28(2,3)41-27(40)37(4)19-12-16(29)11-18-21-23(31-10-8-6-5-7-9-30)35-26(36-24(21)34-22(18)19)43-17-13-32-25(33-14-17)42-15-20(38)39/h11-14H,5-10,15,30H2,1-4H3,(H,38,39)(H2,31,34,35,36). The third-order valence-electron chi connectivity index (χ3n) is 6.07. The zero-order chi connectivity index (χ0) is 31.1. The predicted octanol–water partition coefficient (Wildman–Crippen LogP) is 5.67. The molecule has 5 N–H and O–H groups in total. The van der Waals surface area contributed by atoms with E-state index < -0.39 is 23.5 Å². The lowest BCUT2D eigenvalue weighted by Crippen LogP contribution is -2.34. The quantitative estimate of drug-likeness (QED) is 0.0811. The summed E-state index contributed by atoms with van der Waals surface area (Å²) >= 11 is 2.25. The van der Waals surface area contributed by atoms with Gasteiger partial charge in [-0.05, 0) is 64.1 Å². The van der Waals surface area contributed by atoms with E-state index in [2.05, 4.69) is 20.3 Å². The molecular weight excluding hydrogens is 595 g/mol. The largest absolute Gasteiger partial charge is 0.481 e. The first-order valence-electron chi connectivity index (χ1n) is 13.7. The highest BCUT2D eigenvalue weighted by atomic mass is 32.2. The van der Waals surface area contributed by atoms with Gasteiger partial charge in [-0.15, -0.1) is 0 Å². The molecule has 0 spiro atoms. The van der Waals surface area contributed by atoms with Gasteiger partial charge in [0.25, 0.3) is 0 Å². The van der Waals surface area contributed by atoms with Crippen molar-refractivity contribution in [1.82, 2.24) is 24.9 Å². The van der Waals surface area contributed by atoms with Crippen LogP contribution in [-0.4, -0.2) is 73.6 Å². The molecular formula is C28H35FN8O4S2. The summed E-state index contributed by atoms with van der Waals surface area (Å²) in [5.41, 5.74) is 6.15. The van der Waals surface area contributed by atoms with Crippen LogP contribution in [-0.2, 0) is 9.53 Å². The number of aromatic nitrogens is 5. The number of nitrogens with two attached hydrogens (primary N) is 1. The van der Waals surface area contributed by atoms with Gasteiger partial charge in [-0.1, -0.05) is 24.6 Å². The van der Waals surface area contributed by atoms with E-state index in [1.165, 1.54) is 35.8 Å². The first-order chi connectivity index (χ1) is 20.4. The van der Waals surface area contributed by atoms with Crippen LogP contribution in [0.15, 0.2) is 39.7 Å². The van der Waals surface area contributed by atoms with Crippen LogP contribution in [0.1, 0.15) is 46.5 Å². The molecule has 15 heteroatoms. The van der Waals surface area contributed by atoms with Gasteiger partial charge in [0.2, 0.25) is 0 Å². The maximum Gasteiger partial charge on any atom is 0.414 e.